The Morgan fingerprint density at radius 1 is 0.970 bits per heavy atom. The van der Waals surface area contributed by atoms with E-state index in [-0.39, 0.29) is 17.1 Å². The number of aliphatic hydroxyl groups is 1. The van der Waals surface area contributed by atoms with E-state index in [4.69, 9.17) is 9.47 Å². The number of anilines is 1. The number of nitrogens with zero attached hydrogens (tertiary/aromatic N) is 1. The Bertz CT molecular complexity index is 1210. The molecule has 0 spiro atoms. The molecule has 1 amide bonds. The summed E-state index contributed by atoms with van der Waals surface area (Å²) >= 11 is 0. The van der Waals surface area contributed by atoms with Crippen molar-refractivity contribution in [3.05, 3.63) is 89.5 Å². The van der Waals surface area contributed by atoms with Crippen LogP contribution < -0.4 is 14.4 Å². The number of phenols is 1. The zero-order valence-electron chi connectivity index (χ0n) is 18.2. The summed E-state index contributed by atoms with van der Waals surface area (Å²) in [5.41, 5.74) is 1.25. The van der Waals surface area contributed by atoms with Gasteiger partial charge in [-0.3, -0.25) is 14.5 Å². The molecule has 0 aliphatic carbocycles. The van der Waals surface area contributed by atoms with Gasteiger partial charge < -0.3 is 19.7 Å². The smallest absolute Gasteiger partial charge is 0.300 e. The minimum Gasteiger partial charge on any atom is -0.508 e. The molecule has 1 fully saturated rings. The molecule has 1 aliphatic rings. The lowest BCUT2D eigenvalue weighted by molar-refractivity contribution is -0.132. The number of hydrogen-bond donors (Lipinski definition) is 2. The summed E-state index contributed by atoms with van der Waals surface area (Å²) in [7, 11) is 1.53. The molecule has 0 saturated carbocycles. The Labute approximate surface area is 191 Å². The standard InChI is InChI=1S/C26H23NO6/c1-3-33-21-11-7-16(8-12-21)24(29)22-23(17-5-4-6-19(28)15-17)27(26(31)25(22)30)18-9-13-20(32-2)14-10-18/h4-15,23,28-29H,3H2,1-2H3/b24-22-. The molecule has 1 aliphatic heterocycles. The first kappa shape index (κ1) is 22.0. The van der Waals surface area contributed by atoms with Gasteiger partial charge in [0, 0.05) is 11.3 Å². The number of amides is 1. The van der Waals surface area contributed by atoms with Crippen LogP contribution in [0.5, 0.6) is 17.2 Å². The van der Waals surface area contributed by atoms with Gasteiger partial charge >= 0.3 is 0 Å². The number of aliphatic hydroxyl groups excluding tert-OH is 1. The minimum absolute atomic E-state index is 0.0196. The highest BCUT2D eigenvalue weighted by Crippen LogP contribution is 2.43. The number of methoxy groups -OCH3 is 1. The molecule has 4 rings (SSSR count). The first-order valence-corrected chi connectivity index (χ1v) is 10.4. The van der Waals surface area contributed by atoms with Crippen molar-refractivity contribution in [1.29, 1.82) is 0 Å². The number of Topliss-reactive ketones (excluding diaryl/α,β-unsaturated/α-hetero) is 1. The zero-order chi connectivity index (χ0) is 23.5. The van der Waals surface area contributed by atoms with Gasteiger partial charge in [-0.2, -0.15) is 0 Å². The highest BCUT2D eigenvalue weighted by atomic mass is 16.5. The molecule has 0 aromatic heterocycles. The molecule has 1 heterocycles. The summed E-state index contributed by atoms with van der Waals surface area (Å²) in [6.45, 7) is 2.36. The first-order chi connectivity index (χ1) is 15.9. The van der Waals surface area contributed by atoms with E-state index in [2.05, 4.69) is 0 Å². The van der Waals surface area contributed by atoms with Crippen LogP contribution in [0.25, 0.3) is 5.76 Å². The molecule has 7 nitrogen and oxygen atoms in total. The van der Waals surface area contributed by atoms with Gasteiger partial charge in [0.2, 0.25) is 0 Å². The average molecular weight is 445 g/mol. The maximum absolute atomic E-state index is 13.1. The van der Waals surface area contributed by atoms with E-state index < -0.39 is 17.7 Å². The fourth-order valence-corrected chi connectivity index (χ4v) is 3.88. The van der Waals surface area contributed by atoms with E-state index in [9.17, 15) is 19.8 Å². The lowest BCUT2D eigenvalue weighted by Crippen LogP contribution is -2.29. The number of phenolic OH excluding ortho intramolecular Hbond substituents is 1. The summed E-state index contributed by atoms with van der Waals surface area (Å²) in [4.78, 5) is 27.6. The second-order valence-electron chi connectivity index (χ2n) is 7.42. The monoisotopic (exact) mass is 445 g/mol. The fraction of sp³-hybridized carbons (Fsp3) is 0.154. The van der Waals surface area contributed by atoms with Crippen LogP contribution in [0.1, 0.15) is 24.1 Å². The van der Waals surface area contributed by atoms with E-state index in [0.29, 0.717) is 34.9 Å². The van der Waals surface area contributed by atoms with Gasteiger partial charge in [-0.15, -0.1) is 0 Å². The fourth-order valence-electron chi connectivity index (χ4n) is 3.88. The molecule has 0 bridgehead atoms. The Hall–Kier alpha value is -4.26. The summed E-state index contributed by atoms with van der Waals surface area (Å²) in [6, 6.07) is 18.7. The predicted octanol–water partition coefficient (Wildman–Crippen LogP) is 4.43. The van der Waals surface area contributed by atoms with Gasteiger partial charge in [0.1, 0.15) is 23.0 Å². The number of carbonyl (C=O) groups is 2. The maximum atomic E-state index is 13.1. The van der Waals surface area contributed by atoms with Gasteiger partial charge in [0.05, 0.1) is 25.3 Å². The largest absolute Gasteiger partial charge is 0.508 e. The quantitative estimate of drug-likeness (QED) is 0.331. The van der Waals surface area contributed by atoms with Crippen LogP contribution in [0.3, 0.4) is 0 Å². The molecule has 0 radical (unpaired) electrons. The van der Waals surface area contributed by atoms with Crippen molar-refractivity contribution in [2.75, 3.05) is 18.6 Å². The molecule has 1 saturated heterocycles. The van der Waals surface area contributed by atoms with Crippen molar-refractivity contribution < 1.29 is 29.3 Å². The van der Waals surface area contributed by atoms with Crippen molar-refractivity contribution in [2.45, 2.75) is 13.0 Å². The molecule has 7 heteroatoms. The normalized spacial score (nSPS) is 17.3. The Kier molecular flexibility index (Phi) is 6.04. The van der Waals surface area contributed by atoms with Gasteiger partial charge in [-0.1, -0.05) is 12.1 Å². The number of hydrogen-bond acceptors (Lipinski definition) is 6. The molecule has 33 heavy (non-hydrogen) atoms. The van der Waals surface area contributed by atoms with Crippen molar-refractivity contribution in [2.24, 2.45) is 0 Å². The summed E-state index contributed by atoms with van der Waals surface area (Å²) < 4.78 is 10.6. The molecule has 3 aromatic carbocycles. The molecule has 1 atom stereocenters. The van der Waals surface area contributed by atoms with Crippen LogP contribution in [-0.2, 0) is 9.59 Å². The van der Waals surface area contributed by atoms with Crippen LogP contribution in [0.2, 0.25) is 0 Å². The summed E-state index contributed by atoms with van der Waals surface area (Å²) in [5, 5.41) is 21.2. The third-order valence-electron chi connectivity index (χ3n) is 5.42. The Morgan fingerprint density at radius 3 is 2.24 bits per heavy atom. The Morgan fingerprint density at radius 2 is 1.64 bits per heavy atom. The maximum Gasteiger partial charge on any atom is 0.300 e. The van der Waals surface area contributed by atoms with E-state index >= 15 is 0 Å². The van der Waals surface area contributed by atoms with E-state index in [1.807, 2.05) is 6.92 Å². The average Bonchev–Trinajstić information content (AvgIpc) is 3.10. The topological polar surface area (TPSA) is 96.3 Å². The SMILES string of the molecule is CCOc1ccc(/C(O)=C2/C(=O)C(=O)N(c3ccc(OC)cc3)C2c2cccc(O)c2)cc1. The van der Waals surface area contributed by atoms with Crippen LogP contribution >= 0.6 is 0 Å². The molecular formula is C26H23NO6. The van der Waals surface area contributed by atoms with E-state index in [0.717, 1.165) is 0 Å². The van der Waals surface area contributed by atoms with Crippen molar-refractivity contribution in [3.63, 3.8) is 0 Å². The lowest BCUT2D eigenvalue weighted by Gasteiger charge is -2.25. The van der Waals surface area contributed by atoms with E-state index in [1.54, 1.807) is 60.7 Å². The van der Waals surface area contributed by atoms with Gasteiger partial charge in [0.15, 0.2) is 0 Å². The predicted molar refractivity (Wildman–Crippen MR) is 123 cm³/mol. The number of carbonyl (C=O) groups excluding carboxylic acids is 2. The molecule has 168 valence electrons. The van der Waals surface area contributed by atoms with Crippen molar-refractivity contribution in [3.8, 4) is 17.2 Å². The van der Waals surface area contributed by atoms with Crippen molar-refractivity contribution >= 4 is 23.1 Å². The van der Waals surface area contributed by atoms with Gasteiger partial charge in [0.25, 0.3) is 11.7 Å². The first-order valence-electron chi connectivity index (χ1n) is 10.4. The second kappa shape index (κ2) is 9.08. The van der Waals surface area contributed by atoms with Gasteiger partial charge in [-0.25, -0.2) is 0 Å². The highest BCUT2D eigenvalue weighted by molar-refractivity contribution is 6.51. The van der Waals surface area contributed by atoms with Crippen molar-refractivity contribution in [1.82, 2.24) is 0 Å². The molecule has 2 N–H and O–H groups in total. The Balaban J connectivity index is 1.87. The number of aromatic hydroxyl groups is 1. The van der Waals surface area contributed by atoms with Crippen LogP contribution in [0.4, 0.5) is 5.69 Å². The minimum atomic E-state index is -0.933. The number of rotatable bonds is 6. The zero-order valence-corrected chi connectivity index (χ0v) is 18.2. The van der Waals surface area contributed by atoms with Gasteiger partial charge in [-0.05, 0) is 73.2 Å². The van der Waals surface area contributed by atoms with E-state index in [1.165, 1.54) is 24.1 Å². The third-order valence-corrected chi connectivity index (χ3v) is 5.42. The molecular weight excluding hydrogens is 422 g/mol. The second-order valence-corrected chi connectivity index (χ2v) is 7.42. The molecule has 1 unspecified atom stereocenters. The lowest BCUT2D eigenvalue weighted by atomic mass is 9.95. The summed E-state index contributed by atoms with van der Waals surface area (Å²) in [5.74, 6) is -0.697. The number of benzene rings is 3. The van der Waals surface area contributed by atoms with Crippen LogP contribution in [-0.4, -0.2) is 35.6 Å². The van der Waals surface area contributed by atoms with Crippen LogP contribution in [0, 0.1) is 0 Å². The van der Waals surface area contributed by atoms with Crippen LogP contribution in [0.15, 0.2) is 78.4 Å². The highest BCUT2D eigenvalue weighted by Gasteiger charge is 2.47. The molecule has 3 aromatic rings. The number of ketones is 1. The number of ether oxygens (including phenoxy) is 2. The third kappa shape index (κ3) is 4.13. The summed E-state index contributed by atoms with van der Waals surface area (Å²) in [6.07, 6.45) is 0.